The third-order valence-corrected chi connectivity index (χ3v) is 7.62. The van der Waals surface area contributed by atoms with E-state index in [0.717, 1.165) is 41.7 Å². The molecule has 2 aromatic heterocycles. The van der Waals surface area contributed by atoms with Crippen molar-refractivity contribution in [3.8, 4) is 0 Å². The zero-order valence-electron chi connectivity index (χ0n) is 16.5. The molecule has 0 spiro atoms. The third kappa shape index (κ3) is 3.91. The molecule has 26 heavy (non-hydrogen) atoms. The molecule has 0 N–H and O–H groups in total. The zero-order valence-corrected chi connectivity index (χ0v) is 18.1. The fourth-order valence-corrected chi connectivity index (χ4v) is 5.99. The Morgan fingerprint density at radius 3 is 2.69 bits per heavy atom. The van der Waals surface area contributed by atoms with Crippen molar-refractivity contribution in [2.75, 3.05) is 18.8 Å². The van der Waals surface area contributed by atoms with Gasteiger partial charge in [-0.3, -0.25) is 4.79 Å². The molecule has 3 rings (SSSR count). The third-order valence-electron chi connectivity index (χ3n) is 5.48. The van der Waals surface area contributed by atoms with Crippen molar-refractivity contribution in [1.82, 2.24) is 14.9 Å². The topological polar surface area (TPSA) is 46.1 Å². The van der Waals surface area contributed by atoms with Crippen molar-refractivity contribution in [2.45, 2.75) is 58.9 Å². The summed E-state index contributed by atoms with van der Waals surface area (Å²) in [5.74, 6) is 1.35. The Morgan fingerprint density at radius 1 is 1.31 bits per heavy atom. The molecule has 0 fully saturated rings. The van der Waals surface area contributed by atoms with Crippen LogP contribution in [0.2, 0.25) is 0 Å². The molecule has 0 unspecified atom stereocenters. The van der Waals surface area contributed by atoms with Gasteiger partial charge in [0.25, 0.3) is 0 Å². The van der Waals surface area contributed by atoms with Gasteiger partial charge in [-0.05, 0) is 50.0 Å². The van der Waals surface area contributed by atoms with Crippen LogP contribution in [-0.2, 0) is 17.6 Å². The molecule has 1 atom stereocenters. The van der Waals surface area contributed by atoms with Gasteiger partial charge in [0, 0.05) is 23.4 Å². The Labute approximate surface area is 164 Å². The molecule has 6 heteroatoms. The highest BCUT2D eigenvalue weighted by Gasteiger charge is 2.31. The summed E-state index contributed by atoms with van der Waals surface area (Å²) in [6.45, 7) is 12.6. The minimum absolute atomic E-state index is 0.184. The molecule has 2 aromatic rings. The maximum absolute atomic E-state index is 12.4. The number of carbonyl (C=O) groups is 1. The predicted molar refractivity (Wildman–Crippen MR) is 111 cm³/mol. The summed E-state index contributed by atoms with van der Waals surface area (Å²) in [6, 6.07) is 0. The van der Waals surface area contributed by atoms with E-state index in [0.29, 0.717) is 11.2 Å². The van der Waals surface area contributed by atoms with Gasteiger partial charge in [0.15, 0.2) is 0 Å². The number of thiophene rings is 1. The molecule has 0 saturated heterocycles. The van der Waals surface area contributed by atoms with Gasteiger partial charge in [-0.2, -0.15) is 0 Å². The number of hydrogen-bond donors (Lipinski definition) is 0. The van der Waals surface area contributed by atoms with Gasteiger partial charge in [0.05, 0.1) is 5.75 Å². The SMILES string of the molecule is CCN(CC)C(=O)CSc1ncnc2sc3c(c12)CC[C@H](C(C)(C)C)C3. The van der Waals surface area contributed by atoms with Gasteiger partial charge < -0.3 is 4.90 Å². The summed E-state index contributed by atoms with van der Waals surface area (Å²) in [5.41, 5.74) is 1.77. The second-order valence-corrected chi connectivity index (χ2v) is 10.1. The van der Waals surface area contributed by atoms with Gasteiger partial charge in [-0.25, -0.2) is 9.97 Å². The van der Waals surface area contributed by atoms with Crippen LogP contribution < -0.4 is 0 Å². The van der Waals surface area contributed by atoms with E-state index in [9.17, 15) is 4.79 Å². The minimum Gasteiger partial charge on any atom is -0.343 e. The van der Waals surface area contributed by atoms with Crippen LogP contribution in [0.4, 0.5) is 0 Å². The lowest BCUT2D eigenvalue weighted by Crippen LogP contribution is -2.31. The van der Waals surface area contributed by atoms with Crippen LogP contribution in [0.5, 0.6) is 0 Å². The second-order valence-electron chi connectivity index (χ2n) is 8.02. The van der Waals surface area contributed by atoms with Crippen molar-refractivity contribution in [3.05, 3.63) is 16.8 Å². The molecule has 0 aliphatic heterocycles. The summed E-state index contributed by atoms with van der Waals surface area (Å²) < 4.78 is 0. The highest BCUT2D eigenvalue weighted by Crippen LogP contribution is 2.44. The summed E-state index contributed by atoms with van der Waals surface area (Å²) >= 11 is 3.39. The Balaban J connectivity index is 1.85. The second kappa shape index (κ2) is 7.85. The van der Waals surface area contributed by atoms with Crippen LogP contribution in [-0.4, -0.2) is 39.6 Å². The molecule has 0 radical (unpaired) electrons. The summed E-state index contributed by atoms with van der Waals surface area (Å²) in [5, 5.41) is 2.18. The quantitative estimate of drug-likeness (QED) is 0.542. The van der Waals surface area contributed by atoms with Gasteiger partial charge in [-0.15, -0.1) is 11.3 Å². The average Bonchev–Trinajstić information content (AvgIpc) is 2.98. The fourth-order valence-electron chi connectivity index (χ4n) is 3.73. The number of amides is 1. The zero-order chi connectivity index (χ0) is 18.9. The first kappa shape index (κ1) is 19.6. The van der Waals surface area contributed by atoms with Gasteiger partial charge in [0.2, 0.25) is 5.91 Å². The summed E-state index contributed by atoms with van der Waals surface area (Å²) in [6.07, 6.45) is 5.11. The van der Waals surface area contributed by atoms with Crippen LogP contribution in [0, 0.1) is 11.3 Å². The molecular weight excluding hydrogens is 362 g/mol. The molecule has 4 nitrogen and oxygen atoms in total. The molecule has 2 heterocycles. The minimum atomic E-state index is 0.184. The van der Waals surface area contributed by atoms with Gasteiger partial charge in [0.1, 0.15) is 16.2 Å². The highest BCUT2D eigenvalue weighted by molar-refractivity contribution is 8.00. The Hall–Kier alpha value is -1.14. The van der Waals surface area contributed by atoms with Crippen LogP contribution in [0.1, 0.15) is 51.5 Å². The van der Waals surface area contributed by atoms with E-state index in [2.05, 4.69) is 30.7 Å². The van der Waals surface area contributed by atoms with E-state index in [-0.39, 0.29) is 5.91 Å². The van der Waals surface area contributed by atoms with Crippen LogP contribution in [0.3, 0.4) is 0 Å². The monoisotopic (exact) mass is 391 g/mol. The standard InChI is InChI=1S/C20H29N3OS2/c1-6-23(7-2)16(24)11-25-18-17-14-9-8-13(20(3,4)5)10-15(14)26-19(17)22-12-21-18/h12-13H,6-11H2,1-5H3/t13-/m0/s1. The molecule has 1 amide bonds. The van der Waals surface area contributed by atoms with E-state index in [1.54, 1.807) is 18.1 Å². The first-order chi connectivity index (χ1) is 12.3. The average molecular weight is 392 g/mol. The lowest BCUT2D eigenvalue weighted by Gasteiger charge is -2.33. The van der Waals surface area contributed by atoms with E-state index in [1.807, 2.05) is 30.1 Å². The molecule has 1 aliphatic rings. The number of rotatable bonds is 5. The molecule has 142 valence electrons. The van der Waals surface area contributed by atoms with Crippen molar-refractivity contribution >= 4 is 39.2 Å². The smallest absolute Gasteiger partial charge is 0.232 e. The molecular formula is C20H29N3OS2. The molecule has 0 aromatic carbocycles. The van der Waals surface area contributed by atoms with Crippen molar-refractivity contribution in [1.29, 1.82) is 0 Å². The fraction of sp³-hybridized carbons (Fsp3) is 0.650. The Kier molecular flexibility index (Phi) is 5.92. The number of aromatic nitrogens is 2. The summed E-state index contributed by atoms with van der Waals surface area (Å²) in [4.78, 5) is 25.8. The highest BCUT2D eigenvalue weighted by atomic mass is 32.2. The first-order valence-corrected chi connectivity index (χ1v) is 11.3. The number of aryl methyl sites for hydroxylation is 1. The first-order valence-electron chi connectivity index (χ1n) is 9.50. The Bertz CT molecular complexity index is 790. The van der Waals surface area contributed by atoms with E-state index < -0.39 is 0 Å². The summed E-state index contributed by atoms with van der Waals surface area (Å²) in [7, 11) is 0. The largest absolute Gasteiger partial charge is 0.343 e. The van der Waals surface area contributed by atoms with Gasteiger partial charge in [-0.1, -0.05) is 32.5 Å². The lowest BCUT2D eigenvalue weighted by atomic mass is 9.72. The van der Waals surface area contributed by atoms with Crippen LogP contribution in [0.15, 0.2) is 11.4 Å². The molecule has 1 aliphatic carbocycles. The normalized spacial score (nSPS) is 17.3. The maximum Gasteiger partial charge on any atom is 0.232 e. The van der Waals surface area contributed by atoms with Crippen molar-refractivity contribution in [2.24, 2.45) is 11.3 Å². The lowest BCUT2D eigenvalue weighted by molar-refractivity contribution is -0.127. The van der Waals surface area contributed by atoms with Gasteiger partial charge >= 0.3 is 0 Å². The van der Waals surface area contributed by atoms with E-state index >= 15 is 0 Å². The van der Waals surface area contributed by atoms with E-state index in [1.165, 1.54) is 22.2 Å². The van der Waals surface area contributed by atoms with E-state index in [4.69, 9.17) is 0 Å². The van der Waals surface area contributed by atoms with Crippen LogP contribution >= 0.6 is 23.1 Å². The molecule has 0 saturated carbocycles. The predicted octanol–water partition coefficient (Wildman–Crippen LogP) is 4.80. The number of nitrogens with zero attached hydrogens (tertiary/aromatic N) is 3. The van der Waals surface area contributed by atoms with Crippen LogP contribution in [0.25, 0.3) is 10.2 Å². The van der Waals surface area contributed by atoms with Crippen molar-refractivity contribution < 1.29 is 4.79 Å². The molecule has 0 bridgehead atoms. The van der Waals surface area contributed by atoms with Crippen molar-refractivity contribution in [3.63, 3.8) is 0 Å². The number of carbonyl (C=O) groups excluding carboxylic acids is 1. The maximum atomic E-state index is 12.4. The Morgan fingerprint density at radius 2 is 2.04 bits per heavy atom. The number of fused-ring (bicyclic) bond motifs is 3. The number of thioether (sulfide) groups is 1. The number of hydrogen-bond acceptors (Lipinski definition) is 5.